The molecule has 3 atom stereocenters. The Balaban J connectivity index is 2.66. The second kappa shape index (κ2) is 3.22. The first-order chi connectivity index (χ1) is 5.52. The van der Waals surface area contributed by atoms with Crippen molar-refractivity contribution in [3.63, 3.8) is 0 Å². The number of carboxylic acid groups (broad SMARTS) is 1. The highest BCUT2D eigenvalue weighted by Gasteiger charge is 2.33. The zero-order valence-corrected chi connectivity index (χ0v) is 6.21. The summed E-state index contributed by atoms with van der Waals surface area (Å²) in [5.41, 5.74) is 0.155. The minimum Gasteiger partial charge on any atom is -0.481 e. The van der Waals surface area contributed by atoms with E-state index in [0.717, 1.165) is 0 Å². The fraction of sp³-hybridized carbons (Fsp3) is 0.571. The van der Waals surface area contributed by atoms with Gasteiger partial charge in [-0.05, 0) is 5.57 Å². The zero-order chi connectivity index (χ0) is 9.30. The van der Waals surface area contributed by atoms with E-state index in [4.69, 9.17) is 20.4 Å². The van der Waals surface area contributed by atoms with E-state index in [-0.39, 0.29) is 12.0 Å². The summed E-state index contributed by atoms with van der Waals surface area (Å²) >= 11 is 0. The zero-order valence-electron chi connectivity index (χ0n) is 6.21. The van der Waals surface area contributed by atoms with Gasteiger partial charge >= 0.3 is 5.97 Å². The Morgan fingerprint density at radius 2 is 2.00 bits per heavy atom. The van der Waals surface area contributed by atoms with Crippen LogP contribution in [0.4, 0.5) is 0 Å². The van der Waals surface area contributed by atoms with E-state index in [0.29, 0.717) is 0 Å². The normalized spacial score (nSPS) is 34.9. The van der Waals surface area contributed by atoms with Gasteiger partial charge < -0.3 is 20.4 Å². The average Bonchev–Trinajstić information content (AvgIpc) is 2.17. The monoisotopic (exact) mass is 174 g/mol. The predicted molar refractivity (Wildman–Crippen MR) is 38.4 cm³/mol. The van der Waals surface area contributed by atoms with Crippen LogP contribution < -0.4 is 0 Å². The Morgan fingerprint density at radius 1 is 1.42 bits per heavy atom. The van der Waals surface area contributed by atoms with Gasteiger partial charge in [0.15, 0.2) is 0 Å². The van der Waals surface area contributed by atoms with Gasteiger partial charge in [0, 0.05) is 0 Å². The van der Waals surface area contributed by atoms with Gasteiger partial charge in [0.25, 0.3) is 0 Å². The first kappa shape index (κ1) is 9.18. The molecular weight excluding hydrogens is 164 g/mol. The van der Waals surface area contributed by atoms with Gasteiger partial charge in [-0.15, -0.1) is 0 Å². The Bertz CT molecular complexity index is 222. The minimum atomic E-state index is -1.29. The maximum Gasteiger partial charge on any atom is 0.307 e. The van der Waals surface area contributed by atoms with Gasteiger partial charge in [0.05, 0.1) is 6.42 Å². The number of aliphatic carboxylic acids is 1. The molecule has 1 aliphatic rings. The average molecular weight is 174 g/mol. The van der Waals surface area contributed by atoms with Crippen LogP contribution in [0.25, 0.3) is 0 Å². The largest absolute Gasteiger partial charge is 0.481 e. The second-order valence-electron chi connectivity index (χ2n) is 2.74. The summed E-state index contributed by atoms with van der Waals surface area (Å²) in [7, 11) is 0. The molecule has 0 aromatic rings. The summed E-state index contributed by atoms with van der Waals surface area (Å²) in [5, 5.41) is 35.5. The van der Waals surface area contributed by atoms with E-state index in [1.165, 1.54) is 6.08 Å². The molecule has 0 aliphatic heterocycles. The smallest absolute Gasteiger partial charge is 0.307 e. The van der Waals surface area contributed by atoms with Crippen LogP contribution in [0.2, 0.25) is 0 Å². The first-order valence-corrected chi connectivity index (χ1v) is 3.49. The Kier molecular flexibility index (Phi) is 2.46. The Morgan fingerprint density at radius 3 is 2.33 bits per heavy atom. The number of rotatable bonds is 2. The lowest BCUT2D eigenvalue weighted by Crippen LogP contribution is -2.31. The topological polar surface area (TPSA) is 98.0 Å². The van der Waals surface area contributed by atoms with Crippen molar-refractivity contribution >= 4 is 5.97 Å². The molecule has 0 fully saturated rings. The maximum absolute atomic E-state index is 10.2. The lowest BCUT2D eigenvalue weighted by molar-refractivity contribution is -0.136. The number of hydrogen-bond acceptors (Lipinski definition) is 4. The quantitative estimate of drug-likeness (QED) is 0.381. The summed E-state index contributed by atoms with van der Waals surface area (Å²) < 4.78 is 0. The number of carbonyl (C=O) groups is 1. The molecular formula is C7H10O5. The molecule has 68 valence electrons. The summed E-state index contributed by atoms with van der Waals surface area (Å²) in [4.78, 5) is 10.2. The number of carboxylic acids is 1. The van der Waals surface area contributed by atoms with Crippen LogP contribution in [-0.2, 0) is 4.79 Å². The summed E-state index contributed by atoms with van der Waals surface area (Å²) in [6, 6.07) is 0. The molecule has 12 heavy (non-hydrogen) atoms. The van der Waals surface area contributed by atoms with Crippen molar-refractivity contribution in [2.75, 3.05) is 0 Å². The lowest BCUT2D eigenvalue weighted by Gasteiger charge is -2.12. The molecule has 0 bridgehead atoms. The number of hydrogen-bond donors (Lipinski definition) is 4. The van der Waals surface area contributed by atoms with Crippen LogP contribution in [0, 0.1) is 0 Å². The van der Waals surface area contributed by atoms with E-state index in [1.54, 1.807) is 0 Å². The summed E-state index contributed by atoms with van der Waals surface area (Å²) in [5.74, 6) is -1.10. The molecule has 0 heterocycles. The number of aliphatic hydroxyl groups is 3. The van der Waals surface area contributed by atoms with Crippen molar-refractivity contribution in [3.8, 4) is 0 Å². The molecule has 1 rings (SSSR count). The van der Waals surface area contributed by atoms with E-state index < -0.39 is 24.3 Å². The minimum absolute atomic E-state index is 0.155. The molecule has 5 heteroatoms. The third-order valence-corrected chi connectivity index (χ3v) is 1.79. The van der Waals surface area contributed by atoms with Gasteiger partial charge in [-0.25, -0.2) is 0 Å². The van der Waals surface area contributed by atoms with Crippen molar-refractivity contribution < 1.29 is 25.2 Å². The van der Waals surface area contributed by atoms with E-state index in [9.17, 15) is 4.79 Å². The predicted octanol–water partition coefficient (Wildman–Crippen LogP) is -1.52. The maximum atomic E-state index is 10.2. The van der Waals surface area contributed by atoms with E-state index in [2.05, 4.69) is 0 Å². The Hall–Kier alpha value is -0.910. The van der Waals surface area contributed by atoms with Gasteiger partial charge in [-0.3, -0.25) is 4.79 Å². The van der Waals surface area contributed by atoms with Crippen LogP contribution in [0.5, 0.6) is 0 Å². The molecule has 0 saturated carbocycles. The van der Waals surface area contributed by atoms with Gasteiger partial charge in [-0.1, -0.05) is 6.08 Å². The highest BCUT2D eigenvalue weighted by molar-refractivity contribution is 5.70. The molecule has 0 aromatic heterocycles. The molecule has 1 aliphatic carbocycles. The molecule has 3 unspecified atom stereocenters. The van der Waals surface area contributed by atoms with E-state index >= 15 is 0 Å². The fourth-order valence-electron chi connectivity index (χ4n) is 1.16. The van der Waals surface area contributed by atoms with Crippen molar-refractivity contribution in [3.05, 3.63) is 11.6 Å². The van der Waals surface area contributed by atoms with Crippen LogP contribution >= 0.6 is 0 Å². The van der Waals surface area contributed by atoms with E-state index in [1.807, 2.05) is 0 Å². The van der Waals surface area contributed by atoms with Gasteiger partial charge in [0.2, 0.25) is 0 Å². The Labute approximate surface area is 68.6 Å². The van der Waals surface area contributed by atoms with Crippen LogP contribution in [0.3, 0.4) is 0 Å². The fourth-order valence-corrected chi connectivity index (χ4v) is 1.16. The van der Waals surface area contributed by atoms with Crippen molar-refractivity contribution in [2.45, 2.75) is 24.7 Å². The second-order valence-corrected chi connectivity index (χ2v) is 2.74. The molecule has 5 nitrogen and oxygen atoms in total. The highest BCUT2D eigenvalue weighted by Crippen LogP contribution is 2.22. The standard InChI is InChI=1S/C7H10O5/c8-4-1-3(2-5(9)10)6(11)7(4)12/h1,4,6-8,11-12H,2H2,(H,9,10). The highest BCUT2D eigenvalue weighted by atomic mass is 16.4. The lowest BCUT2D eigenvalue weighted by atomic mass is 10.1. The number of aliphatic hydroxyl groups excluding tert-OH is 3. The van der Waals surface area contributed by atoms with Crippen molar-refractivity contribution in [1.29, 1.82) is 0 Å². The molecule has 0 spiro atoms. The molecule has 0 saturated heterocycles. The van der Waals surface area contributed by atoms with Gasteiger partial charge in [0.1, 0.15) is 18.3 Å². The first-order valence-electron chi connectivity index (χ1n) is 3.49. The third-order valence-electron chi connectivity index (χ3n) is 1.79. The van der Waals surface area contributed by atoms with Gasteiger partial charge in [-0.2, -0.15) is 0 Å². The molecule has 0 aromatic carbocycles. The summed E-state index contributed by atoms with van der Waals surface area (Å²) in [6.45, 7) is 0. The molecule has 0 amide bonds. The molecule has 4 N–H and O–H groups in total. The van der Waals surface area contributed by atoms with Crippen molar-refractivity contribution in [2.24, 2.45) is 0 Å². The summed E-state index contributed by atoms with van der Waals surface area (Å²) in [6.07, 6.45) is -2.89. The van der Waals surface area contributed by atoms with Crippen LogP contribution in [0.1, 0.15) is 6.42 Å². The van der Waals surface area contributed by atoms with Crippen molar-refractivity contribution in [1.82, 2.24) is 0 Å². The van der Waals surface area contributed by atoms with Crippen LogP contribution in [0.15, 0.2) is 11.6 Å². The third kappa shape index (κ3) is 1.63. The van der Waals surface area contributed by atoms with Crippen LogP contribution in [-0.4, -0.2) is 44.7 Å². The SMILES string of the molecule is O=C(O)CC1=CC(O)C(O)C1O. The molecule has 0 radical (unpaired) electrons.